The number of halogens is 1. The third-order valence-corrected chi connectivity index (χ3v) is 2.04. The first-order valence-corrected chi connectivity index (χ1v) is 4.10. The van der Waals surface area contributed by atoms with E-state index in [0.717, 1.165) is 23.1 Å². The van der Waals surface area contributed by atoms with Crippen molar-refractivity contribution in [1.82, 2.24) is 0 Å². The second-order valence-corrected chi connectivity index (χ2v) is 2.86. The first kappa shape index (κ1) is 8.98. The highest BCUT2D eigenvalue weighted by atomic mass is 19.1. The molecule has 1 rings (SSSR count). The Morgan fingerprint density at radius 3 is 2.67 bits per heavy atom. The molecule has 0 aliphatic carbocycles. The van der Waals surface area contributed by atoms with Gasteiger partial charge >= 0.3 is 0 Å². The molecular weight excluding hydrogens is 151 g/mol. The van der Waals surface area contributed by atoms with E-state index in [1.165, 1.54) is 0 Å². The smallest absolute Gasteiger partial charge is 0.126 e. The Kier molecular flexibility index (Phi) is 2.64. The topological polar surface area (TPSA) is 0 Å². The second-order valence-electron chi connectivity index (χ2n) is 2.86. The predicted molar refractivity (Wildman–Crippen MR) is 50.6 cm³/mol. The van der Waals surface area contributed by atoms with Crippen molar-refractivity contribution in [2.75, 3.05) is 0 Å². The molecule has 0 aromatic heterocycles. The number of hydrogen-bond donors (Lipinski definition) is 0. The normalized spacial score (nSPS) is 9.92. The van der Waals surface area contributed by atoms with Gasteiger partial charge in [-0.3, -0.25) is 0 Å². The van der Waals surface area contributed by atoms with Gasteiger partial charge in [-0.25, -0.2) is 4.39 Å². The fourth-order valence-corrected chi connectivity index (χ4v) is 1.23. The molecule has 1 heteroatoms. The summed E-state index contributed by atoms with van der Waals surface area (Å²) in [4.78, 5) is 0. The van der Waals surface area contributed by atoms with Crippen LogP contribution in [0.2, 0.25) is 0 Å². The van der Waals surface area contributed by atoms with Crippen LogP contribution >= 0.6 is 0 Å². The van der Waals surface area contributed by atoms with Gasteiger partial charge in [0.2, 0.25) is 0 Å². The van der Waals surface area contributed by atoms with E-state index in [0.29, 0.717) is 0 Å². The van der Waals surface area contributed by atoms with Crippen molar-refractivity contribution in [2.45, 2.75) is 20.3 Å². The standard InChI is InChI=1S/C11H13F/c1-4-9-7-10(5-2)11(12)6-8(9)3/h4,6-7H,1,5H2,2-3H3. The zero-order chi connectivity index (χ0) is 9.14. The third kappa shape index (κ3) is 1.55. The summed E-state index contributed by atoms with van der Waals surface area (Å²) in [5, 5.41) is 0. The molecule has 0 aliphatic heterocycles. The van der Waals surface area contributed by atoms with Gasteiger partial charge in [0.25, 0.3) is 0 Å². The quantitative estimate of drug-likeness (QED) is 0.629. The van der Waals surface area contributed by atoms with Gasteiger partial charge in [0.05, 0.1) is 0 Å². The van der Waals surface area contributed by atoms with E-state index in [9.17, 15) is 4.39 Å². The number of hydrogen-bond acceptors (Lipinski definition) is 0. The van der Waals surface area contributed by atoms with Crippen molar-refractivity contribution in [2.24, 2.45) is 0 Å². The van der Waals surface area contributed by atoms with Gasteiger partial charge in [0, 0.05) is 0 Å². The van der Waals surface area contributed by atoms with Gasteiger partial charge in [0.15, 0.2) is 0 Å². The molecule has 0 saturated carbocycles. The Bertz CT molecular complexity index is 300. The molecule has 0 radical (unpaired) electrons. The summed E-state index contributed by atoms with van der Waals surface area (Å²) in [6.45, 7) is 7.51. The van der Waals surface area contributed by atoms with Crippen molar-refractivity contribution in [3.8, 4) is 0 Å². The van der Waals surface area contributed by atoms with Crippen LogP contribution in [0.3, 0.4) is 0 Å². The van der Waals surface area contributed by atoms with Crippen molar-refractivity contribution in [3.63, 3.8) is 0 Å². The lowest BCUT2D eigenvalue weighted by molar-refractivity contribution is 0.611. The summed E-state index contributed by atoms with van der Waals surface area (Å²) in [6.07, 6.45) is 2.49. The average Bonchev–Trinajstić information content (AvgIpc) is 2.05. The van der Waals surface area contributed by atoms with Crippen molar-refractivity contribution < 1.29 is 4.39 Å². The van der Waals surface area contributed by atoms with Crippen LogP contribution in [0.25, 0.3) is 6.08 Å². The van der Waals surface area contributed by atoms with Crippen LogP contribution in [-0.4, -0.2) is 0 Å². The molecule has 0 heterocycles. The van der Waals surface area contributed by atoms with Gasteiger partial charge in [0.1, 0.15) is 5.82 Å². The monoisotopic (exact) mass is 164 g/mol. The molecule has 1 aromatic carbocycles. The summed E-state index contributed by atoms with van der Waals surface area (Å²) in [5.74, 6) is -0.111. The molecule has 0 N–H and O–H groups in total. The zero-order valence-corrected chi connectivity index (χ0v) is 7.52. The Hall–Kier alpha value is -1.11. The first-order chi connectivity index (χ1) is 5.69. The zero-order valence-electron chi connectivity index (χ0n) is 7.52. The number of aryl methyl sites for hydroxylation is 2. The minimum Gasteiger partial charge on any atom is -0.207 e. The average molecular weight is 164 g/mol. The van der Waals surface area contributed by atoms with Gasteiger partial charge in [-0.1, -0.05) is 19.6 Å². The van der Waals surface area contributed by atoms with Gasteiger partial charge in [-0.05, 0) is 42.2 Å². The van der Waals surface area contributed by atoms with Crippen molar-refractivity contribution in [1.29, 1.82) is 0 Å². The molecule has 0 bridgehead atoms. The largest absolute Gasteiger partial charge is 0.207 e. The van der Waals surface area contributed by atoms with Gasteiger partial charge in [-0.2, -0.15) is 0 Å². The highest BCUT2D eigenvalue weighted by Crippen LogP contribution is 2.16. The molecule has 0 atom stereocenters. The van der Waals surface area contributed by atoms with E-state index in [4.69, 9.17) is 0 Å². The van der Waals surface area contributed by atoms with Crippen LogP contribution in [0.5, 0.6) is 0 Å². The van der Waals surface area contributed by atoms with Crippen LogP contribution in [0.1, 0.15) is 23.6 Å². The van der Waals surface area contributed by atoms with Crippen molar-refractivity contribution in [3.05, 3.63) is 41.2 Å². The molecule has 0 unspecified atom stereocenters. The van der Waals surface area contributed by atoms with Gasteiger partial charge < -0.3 is 0 Å². The highest BCUT2D eigenvalue weighted by molar-refractivity contribution is 5.53. The maximum Gasteiger partial charge on any atom is 0.126 e. The van der Waals surface area contributed by atoms with E-state index in [1.807, 2.05) is 19.9 Å². The molecule has 0 aliphatic rings. The van der Waals surface area contributed by atoms with Crippen LogP contribution in [-0.2, 0) is 6.42 Å². The number of rotatable bonds is 2. The molecule has 1 aromatic rings. The van der Waals surface area contributed by atoms with Crippen LogP contribution in [0, 0.1) is 12.7 Å². The molecule has 0 nitrogen and oxygen atoms in total. The van der Waals surface area contributed by atoms with E-state index in [1.54, 1.807) is 12.1 Å². The molecule has 64 valence electrons. The Morgan fingerprint density at radius 2 is 2.17 bits per heavy atom. The minimum absolute atomic E-state index is 0.111. The Labute approximate surface area is 72.7 Å². The summed E-state index contributed by atoms with van der Waals surface area (Å²) in [6, 6.07) is 3.42. The fraction of sp³-hybridized carbons (Fsp3) is 0.273. The van der Waals surface area contributed by atoms with Crippen LogP contribution < -0.4 is 0 Å². The fourth-order valence-electron chi connectivity index (χ4n) is 1.23. The minimum atomic E-state index is -0.111. The molecule has 0 amide bonds. The second kappa shape index (κ2) is 3.53. The summed E-state index contributed by atoms with van der Waals surface area (Å²) in [5.41, 5.74) is 2.73. The van der Waals surface area contributed by atoms with E-state index in [-0.39, 0.29) is 5.82 Å². The lowest BCUT2D eigenvalue weighted by Gasteiger charge is -2.04. The predicted octanol–water partition coefficient (Wildman–Crippen LogP) is 3.34. The summed E-state index contributed by atoms with van der Waals surface area (Å²) in [7, 11) is 0. The first-order valence-electron chi connectivity index (χ1n) is 4.10. The Morgan fingerprint density at radius 1 is 1.50 bits per heavy atom. The molecular formula is C11H13F. The molecule has 0 fully saturated rings. The van der Waals surface area contributed by atoms with Crippen LogP contribution in [0.15, 0.2) is 18.7 Å². The van der Waals surface area contributed by atoms with Crippen molar-refractivity contribution >= 4 is 6.08 Å². The Balaban J connectivity index is 3.26. The summed E-state index contributed by atoms with van der Waals surface area (Å²) < 4.78 is 13.1. The lowest BCUT2D eigenvalue weighted by atomic mass is 10.0. The van der Waals surface area contributed by atoms with E-state index in [2.05, 4.69) is 6.58 Å². The SMILES string of the molecule is C=Cc1cc(CC)c(F)cc1C. The summed E-state index contributed by atoms with van der Waals surface area (Å²) >= 11 is 0. The van der Waals surface area contributed by atoms with Gasteiger partial charge in [-0.15, -0.1) is 0 Å². The molecule has 0 saturated heterocycles. The third-order valence-electron chi connectivity index (χ3n) is 2.04. The molecule has 0 spiro atoms. The van der Waals surface area contributed by atoms with Crippen LogP contribution in [0.4, 0.5) is 4.39 Å². The highest BCUT2D eigenvalue weighted by Gasteiger charge is 2.02. The maximum absolute atomic E-state index is 13.1. The maximum atomic E-state index is 13.1. The molecule has 12 heavy (non-hydrogen) atoms. The number of benzene rings is 1. The van der Waals surface area contributed by atoms with E-state index < -0.39 is 0 Å². The van der Waals surface area contributed by atoms with E-state index >= 15 is 0 Å². The lowest BCUT2D eigenvalue weighted by Crippen LogP contribution is -1.91.